The highest BCUT2D eigenvalue weighted by Gasteiger charge is 2.25. The van der Waals surface area contributed by atoms with E-state index in [4.69, 9.17) is 9.73 Å². The summed E-state index contributed by atoms with van der Waals surface area (Å²) in [4.78, 5) is 9.63. The van der Waals surface area contributed by atoms with E-state index >= 15 is 0 Å². The first kappa shape index (κ1) is 12.9. The second kappa shape index (κ2) is 5.16. The van der Waals surface area contributed by atoms with Crippen LogP contribution in [-0.2, 0) is 0 Å². The zero-order valence-electron chi connectivity index (χ0n) is 12.0. The molecule has 0 N–H and O–H groups in total. The second-order valence-corrected chi connectivity index (χ2v) is 6.30. The number of likely N-dealkylation sites (N-methyl/N-ethyl adjacent to an activating group) is 1. The lowest BCUT2D eigenvalue weighted by Gasteiger charge is -2.34. The zero-order valence-corrected chi connectivity index (χ0v) is 12.8. The molecule has 5 heteroatoms. The molecule has 1 fully saturated rings. The predicted octanol–water partition coefficient (Wildman–Crippen LogP) is 3.18. The highest BCUT2D eigenvalue weighted by Crippen LogP contribution is 2.40. The molecule has 2 aromatic rings. The highest BCUT2D eigenvalue weighted by molar-refractivity contribution is 7.12. The Morgan fingerprint density at radius 1 is 1.10 bits per heavy atom. The third-order valence-corrected chi connectivity index (χ3v) is 4.76. The fourth-order valence-corrected chi connectivity index (χ4v) is 3.46. The summed E-state index contributed by atoms with van der Waals surface area (Å²) in [5.41, 5.74) is 2.02. The zero-order chi connectivity index (χ0) is 14.2. The quantitative estimate of drug-likeness (QED) is 0.748. The summed E-state index contributed by atoms with van der Waals surface area (Å²) in [6.07, 6.45) is 0. The SMILES string of the molecule is CN1CCN(C2=Nc3ccccc3Oc3sccc32)CC1. The highest BCUT2D eigenvalue weighted by atomic mass is 32.1. The van der Waals surface area contributed by atoms with E-state index in [1.807, 2.05) is 24.3 Å². The van der Waals surface area contributed by atoms with Crippen LogP contribution in [0.5, 0.6) is 10.8 Å². The smallest absolute Gasteiger partial charge is 0.192 e. The maximum absolute atomic E-state index is 6.05. The molecule has 108 valence electrons. The Hall–Kier alpha value is -1.85. The minimum atomic E-state index is 0.838. The monoisotopic (exact) mass is 299 g/mol. The van der Waals surface area contributed by atoms with Crippen LogP contribution in [-0.4, -0.2) is 48.9 Å². The largest absolute Gasteiger partial charge is 0.444 e. The molecule has 0 spiro atoms. The van der Waals surface area contributed by atoms with E-state index in [1.165, 1.54) is 0 Å². The molecule has 21 heavy (non-hydrogen) atoms. The van der Waals surface area contributed by atoms with Crippen molar-refractivity contribution >= 4 is 22.9 Å². The van der Waals surface area contributed by atoms with Crippen molar-refractivity contribution in [3.63, 3.8) is 0 Å². The molecule has 2 aliphatic rings. The van der Waals surface area contributed by atoms with E-state index < -0.39 is 0 Å². The second-order valence-electron chi connectivity index (χ2n) is 5.42. The number of thiophene rings is 1. The molecule has 1 aromatic heterocycles. The maximum atomic E-state index is 6.05. The molecular formula is C16H17N3OS. The minimum absolute atomic E-state index is 0.838. The molecule has 4 rings (SSSR count). The number of ether oxygens (including phenoxy) is 1. The van der Waals surface area contributed by atoms with Crippen molar-refractivity contribution in [3.05, 3.63) is 41.3 Å². The summed E-state index contributed by atoms with van der Waals surface area (Å²) >= 11 is 1.63. The van der Waals surface area contributed by atoms with Gasteiger partial charge in [-0.15, -0.1) is 11.3 Å². The van der Waals surface area contributed by atoms with E-state index in [1.54, 1.807) is 11.3 Å². The lowest BCUT2D eigenvalue weighted by molar-refractivity contribution is 0.216. The van der Waals surface area contributed by atoms with E-state index in [0.717, 1.165) is 54.1 Å². The molecule has 1 saturated heterocycles. The summed E-state index contributed by atoms with van der Waals surface area (Å²) in [7, 11) is 2.17. The standard InChI is InChI=1S/C16H17N3OS/c1-18-7-9-19(10-8-18)15-12-6-11-21-16(12)20-14-5-3-2-4-13(14)17-15/h2-6,11H,7-10H2,1H3. The number of nitrogens with zero attached hydrogens (tertiary/aromatic N) is 3. The molecule has 0 aliphatic carbocycles. The number of hydrogen-bond donors (Lipinski definition) is 0. The van der Waals surface area contributed by atoms with Gasteiger partial charge in [0, 0.05) is 26.2 Å². The van der Waals surface area contributed by atoms with Gasteiger partial charge in [0.25, 0.3) is 0 Å². The summed E-state index contributed by atoms with van der Waals surface area (Å²) in [5.74, 6) is 1.88. The van der Waals surface area contributed by atoms with Crippen LogP contribution in [0.15, 0.2) is 40.7 Å². The number of aliphatic imine (C=N–C) groups is 1. The van der Waals surface area contributed by atoms with Crippen LogP contribution in [0.2, 0.25) is 0 Å². The first-order valence-corrected chi connectivity index (χ1v) is 8.06. The number of benzene rings is 1. The third kappa shape index (κ3) is 2.32. The summed E-state index contributed by atoms with van der Waals surface area (Å²) in [6.45, 7) is 4.15. The Kier molecular flexibility index (Phi) is 3.16. The van der Waals surface area contributed by atoms with Gasteiger partial charge < -0.3 is 14.5 Å². The van der Waals surface area contributed by atoms with Crippen molar-refractivity contribution in [2.45, 2.75) is 0 Å². The van der Waals surface area contributed by atoms with Crippen LogP contribution < -0.4 is 4.74 Å². The van der Waals surface area contributed by atoms with Gasteiger partial charge in [-0.2, -0.15) is 0 Å². The van der Waals surface area contributed by atoms with Crippen molar-refractivity contribution in [1.29, 1.82) is 0 Å². The number of hydrogen-bond acceptors (Lipinski definition) is 5. The average molecular weight is 299 g/mol. The predicted molar refractivity (Wildman–Crippen MR) is 86.1 cm³/mol. The van der Waals surface area contributed by atoms with E-state index in [0.29, 0.717) is 0 Å². The van der Waals surface area contributed by atoms with Crippen LogP contribution in [0.25, 0.3) is 0 Å². The number of fused-ring (bicyclic) bond motifs is 2. The van der Waals surface area contributed by atoms with Gasteiger partial charge in [-0.3, -0.25) is 0 Å². The Morgan fingerprint density at radius 2 is 1.90 bits per heavy atom. The van der Waals surface area contributed by atoms with Gasteiger partial charge in [0.15, 0.2) is 10.8 Å². The van der Waals surface area contributed by atoms with Crippen LogP contribution in [0.1, 0.15) is 5.56 Å². The van der Waals surface area contributed by atoms with Crippen LogP contribution in [0.4, 0.5) is 5.69 Å². The molecule has 0 unspecified atom stereocenters. The van der Waals surface area contributed by atoms with Crippen LogP contribution in [0.3, 0.4) is 0 Å². The minimum Gasteiger partial charge on any atom is -0.444 e. The molecule has 0 saturated carbocycles. The lowest BCUT2D eigenvalue weighted by Crippen LogP contribution is -2.47. The number of piperazine rings is 1. The Morgan fingerprint density at radius 3 is 2.76 bits per heavy atom. The summed E-state index contributed by atoms with van der Waals surface area (Å²) in [6, 6.07) is 10.1. The van der Waals surface area contributed by atoms with Gasteiger partial charge in [-0.1, -0.05) is 12.1 Å². The molecule has 0 amide bonds. The molecule has 0 bridgehead atoms. The Labute approximate surface area is 128 Å². The topological polar surface area (TPSA) is 28.1 Å². The average Bonchev–Trinajstić information content (AvgIpc) is 2.89. The van der Waals surface area contributed by atoms with E-state index in [9.17, 15) is 0 Å². The van der Waals surface area contributed by atoms with Gasteiger partial charge in [-0.05, 0) is 30.6 Å². The van der Waals surface area contributed by atoms with Crippen molar-refractivity contribution < 1.29 is 4.74 Å². The Bertz CT molecular complexity index is 686. The summed E-state index contributed by atoms with van der Waals surface area (Å²) in [5, 5.41) is 3.02. The molecule has 1 aromatic carbocycles. The number of para-hydroxylation sites is 2. The van der Waals surface area contributed by atoms with Crippen molar-refractivity contribution in [2.75, 3.05) is 33.2 Å². The van der Waals surface area contributed by atoms with Gasteiger partial charge in [0.05, 0.1) is 5.56 Å². The molecule has 3 heterocycles. The normalized spacial score (nSPS) is 18.3. The molecule has 4 nitrogen and oxygen atoms in total. The molecule has 0 atom stereocenters. The van der Waals surface area contributed by atoms with Crippen LogP contribution in [0, 0.1) is 0 Å². The summed E-state index contributed by atoms with van der Waals surface area (Å²) < 4.78 is 6.05. The molecular weight excluding hydrogens is 282 g/mol. The van der Waals surface area contributed by atoms with E-state index in [-0.39, 0.29) is 0 Å². The van der Waals surface area contributed by atoms with E-state index in [2.05, 4.69) is 28.3 Å². The first-order valence-electron chi connectivity index (χ1n) is 7.18. The van der Waals surface area contributed by atoms with Crippen LogP contribution >= 0.6 is 11.3 Å². The maximum Gasteiger partial charge on any atom is 0.192 e. The number of amidine groups is 1. The fraction of sp³-hybridized carbons (Fsp3) is 0.312. The third-order valence-electron chi connectivity index (χ3n) is 3.97. The fourth-order valence-electron chi connectivity index (χ4n) is 2.71. The first-order chi connectivity index (χ1) is 10.3. The van der Waals surface area contributed by atoms with Crippen molar-refractivity contribution in [1.82, 2.24) is 9.80 Å². The Balaban J connectivity index is 1.79. The van der Waals surface area contributed by atoms with Crippen molar-refractivity contribution in [3.8, 4) is 10.8 Å². The molecule has 0 radical (unpaired) electrons. The number of rotatable bonds is 0. The van der Waals surface area contributed by atoms with Gasteiger partial charge in [0.2, 0.25) is 0 Å². The van der Waals surface area contributed by atoms with Gasteiger partial charge in [0.1, 0.15) is 11.5 Å². The molecule has 2 aliphatic heterocycles. The van der Waals surface area contributed by atoms with Crippen molar-refractivity contribution in [2.24, 2.45) is 4.99 Å². The van der Waals surface area contributed by atoms with Gasteiger partial charge in [-0.25, -0.2) is 4.99 Å². The van der Waals surface area contributed by atoms with Gasteiger partial charge >= 0.3 is 0 Å². The lowest BCUT2D eigenvalue weighted by atomic mass is 10.2.